The monoisotopic (exact) mass is 850 g/mol. The van der Waals surface area contributed by atoms with Gasteiger partial charge in [0.25, 0.3) is 0 Å². The van der Waals surface area contributed by atoms with Crippen molar-refractivity contribution < 1.29 is 29.0 Å². The van der Waals surface area contributed by atoms with Gasteiger partial charge in [0.05, 0.1) is 17.4 Å². The van der Waals surface area contributed by atoms with Crippen LogP contribution in [0.25, 0.3) is 11.1 Å². The van der Waals surface area contributed by atoms with Crippen molar-refractivity contribution >= 4 is 35.2 Å². The van der Waals surface area contributed by atoms with Crippen LogP contribution in [0.2, 0.25) is 0 Å². The van der Waals surface area contributed by atoms with Crippen molar-refractivity contribution in [1.82, 2.24) is 10.2 Å². The van der Waals surface area contributed by atoms with E-state index in [-0.39, 0.29) is 41.6 Å². The summed E-state index contributed by atoms with van der Waals surface area (Å²) in [6.45, 7) is 8.19. The molecule has 0 saturated heterocycles. The molecule has 4 aromatic rings. The number of anilines is 2. The minimum absolute atomic E-state index is 0.0330. The maximum Gasteiger partial charge on any atom is 0.407 e. The smallest absolute Gasteiger partial charge is 0.407 e. The second kappa shape index (κ2) is 15.9. The van der Waals surface area contributed by atoms with Crippen LogP contribution < -0.4 is 16.4 Å². The maximum absolute atomic E-state index is 15.0. The Labute approximate surface area is 371 Å². The number of amides is 4. The Bertz CT molecular complexity index is 2460. The minimum Gasteiger partial charge on any atom is -0.449 e. The fourth-order valence-corrected chi connectivity index (χ4v) is 13.6. The van der Waals surface area contributed by atoms with E-state index in [1.807, 2.05) is 60.7 Å². The third kappa shape index (κ3) is 6.95. The third-order valence-electron chi connectivity index (χ3n) is 16.7. The van der Waals surface area contributed by atoms with Crippen LogP contribution in [0.3, 0.4) is 0 Å². The van der Waals surface area contributed by atoms with Crippen LogP contribution in [0.5, 0.6) is 0 Å². The molecule has 0 bridgehead atoms. The Hall–Kier alpha value is -5.48. The lowest BCUT2D eigenvalue weighted by Gasteiger charge is -2.57. The summed E-state index contributed by atoms with van der Waals surface area (Å²) < 4.78 is 5.68. The summed E-state index contributed by atoms with van der Waals surface area (Å²) in [5.41, 5.74) is 14.8. The first kappa shape index (κ1) is 42.8. The molecule has 10 heteroatoms. The van der Waals surface area contributed by atoms with Gasteiger partial charge in [0.15, 0.2) is 0 Å². The van der Waals surface area contributed by atoms with E-state index in [1.54, 1.807) is 7.05 Å². The zero-order valence-corrected chi connectivity index (χ0v) is 37.4. The van der Waals surface area contributed by atoms with Gasteiger partial charge in [0, 0.05) is 24.3 Å². The van der Waals surface area contributed by atoms with Gasteiger partial charge < -0.3 is 26.2 Å². The van der Waals surface area contributed by atoms with Crippen molar-refractivity contribution in [2.45, 2.75) is 115 Å². The molecule has 5 aliphatic carbocycles. The van der Waals surface area contributed by atoms with Crippen LogP contribution in [-0.2, 0) is 42.8 Å². The molecule has 7 atom stereocenters. The fraction of sp³-hybridized carbons (Fsp3) is 0.472. The molecule has 330 valence electrons. The molecule has 0 spiro atoms. The van der Waals surface area contributed by atoms with Crippen molar-refractivity contribution in [3.05, 3.63) is 118 Å². The number of hydrogen-bond acceptors (Lipinski definition) is 7. The maximum atomic E-state index is 15.0. The first-order chi connectivity index (χ1) is 30.1. The Morgan fingerprint density at radius 1 is 0.746 bits per heavy atom. The molecule has 0 radical (unpaired) electrons. The first-order valence-electron chi connectivity index (χ1n) is 23.0. The standard InChI is InChI=1S/C53H62N4O6/c1-50-24-10-26-52(3,44(50)22-18-32-16-20-34(54)28-41(32)50)47(60)57(5)48(61)53(4)27-11-25-51(2)42-29-35(21-17-33(42)19-23-45(51)53)55-46(59)43(30-58)56-49(62)63-31-40-38-14-8-6-12-36(38)37-13-7-9-15-39(37)40/h6-9,12-17,20-21,28-29,40,43-45,58H,10-11,18-19,22-27,30-31,54H2,1-5H3,(H,55,59)(H,56,62)/t43?,44?,45?,50?,51?,52-,53-/m0/s1. The fourth-order valence-electron chi connectivity index (χ4n) is 13.6. The van der Waals surface area contributed by atoms with Gasteiger partial charge in [-0.05, 0) is 143 Å². The molecule has 0 aliphatic heterocycles. The van der Waals surface area contributed by atoms with Gasteiger partial charge in [-0.2, -0.15) is 0 Å². The highest BCUT2D eigenvalue weighted by Gasteiger charge is 2.60. The molecular weight excluding hydrogens is 789 g/mol. The summed E-state index contributed by atoms with van der Waals surface area (Å²) in [5, 5.41) is 15.8. The molecule has 4 amide bonds. The Balaban J connectivity index is 0.884. The summed E-state index contributed by atoms with van der Waals surface area (Å²) in [6, 6.07) is 27.0. The van der Waals surface area contributed by atoms with Crippen LogP contribution in [0.15, 0.2) is 84.9 Å². The summed E-state index contributed by atoms with van der Waals surface area (Å²) in [7, 11) is 1.71. The molecule has 0 heterocycles. The number of nitrogens with one attached hydrogen (secondary N) is 2. The predicted octanol–water partition coefficient (Wildman–Crippen LogP) is 8.81. The van der Waals surface area contributed by atoms with Crippen LogP contribution in [-0.4, -0.2) is 60.1 Å². The topological polar surface area (TPSA) is 151 Å². The molecule has 5 N–H and O–H groups in total. The van der Waals surface area contributed by atoms with Crippen molar-refractivity contribution in [2.24, 2.45) is 22.7 Å². The van der Waals surface area contributed by atoms with E-state index >= 15 is 4.79 Å². The Kier molecular flexibility index (Phi) is 10.8. The number of carbonyl (C=O) groups is 4. The molecule has 10 nitrogen and oxygen atoms in total. The highest BCUT2D eigenvalue weighted by Crippen LogP contribution is 2.60. The normalized spacial score (nSPS) is 28.4. The molecule has 5 aliphatic rings. The highest BCUT2D eigenvalue weighted by atomic mass is 16.5. The molecule has 0 aromatic heterocycles. The van der Waals surface area contributed by atoms with E-state index in [0.717, 1.165) is 91.3 Å². The number of benzene rings is 4. The van der Waals surface area contributed by atoms with Crippen LogP contribution in [0.1, 0.15) is 118 Å². The summed E-state index contributed by atoms with van der Waals surface area (Å²) in [6.07, 6.45) is 7.61. The number of aryl methyl sites for hydroxylation is 2. The summed E-state index contributed by atoms with van der Waals surface area (Å²) in [4.78, 5) is 58.2. The largest absolute Gasteiger partial charge is 0.449 e. The molecule has 63 heavy (non-hydrogen) atoms. The Morgan fingerprint density at radius 3 is 1.83 bits per heavy atom. The van der Waals surface area contributed by atoms with Crippen LogP contribution >= 0.6 is 0 Å². The highest BCUT2D eigenvalue weighted by molar-refractivity contribution is 6.01. The third-order valence-corrected chi connectivity index (χ3v) is 16.7. The predicted molar refractivity (Wildman–Crippen MR) is 245 cm³/mol. The zero-order valence-electron chi connectivity index (χ0n) is 37.4. The van der Waals surface area contributed by atoms with Gasteiger partial charge in [0.1, 0.15) is 12.6 Å². The van der Waals surface area contributed by atoms with Gasteiger partial charge in [-0.15, -0.1) is 0 Å². The number of imide groups is 1. The number of rotatable bonds is 8. The van der Waals surface area contributed by atoms with Crippen molar-refractivity contribution in [1.29, 1.82) is 0 Å². The van der Waals surface area contributed by atoms with Gasteiger partial charge in [-0.3, -0.25) is 19.3 Å². The Morgan fingerprint density at radius 2 is 1.27 bits per heavy atom. The van der Waals surface area contributed by atoms with E-state index in [0.29, 0.717) is 12.1 Å². The van der Waals surface area contributed by atoms with Crippen molar-refractivity contribution in [3.8, 4) is 11.1 Å². The number of hydrogen-bond donors (Lipinski definition) is 4. The lowest BCUT2D eigenvalue weighted by atomic mass is 9.48. The van der Waals surface area contributed by atoms with Gasteiger partial charge >= 0.3 is 6.09 Å². The van der Waals surface area contributed by atoms with Gasteiger partial charge in [-0.25, -0.2) is 4.79 Å². The molecule has 2 saturated carbocycles. The first-order valence-corrected chi connectivity index (χ1v) is 23.0. The lowest BCUT2D eigenvalue weighted by Crippen LogP contribution is -2.60. The number of nitrogens with two attached hydrogens (primary N) is 1. The number of nitrogens with zero attached hydrogens (tertiary/aromatic N) is 1. The number of fused-ring (bicyclic) bond motifs is 9. The van der Waals surface area contributed by atoms with Gasteiger partial charge in [-0.1, -0.05) is 101 Å². The van der Waals surface area contributed by atoms with E-state index in [9.17, 15) is 19.5 Å². The average molecular weight is 851 g/mol. The molecule has 9 rings (SSSR count). The van der Waals surface area contributed by atoms with Crippen molar-refractivity contribution in [2.75, 3.05) is 31.3 Å². The number of aliphatic hydroxyl groups excluding tert-OH is 1. The van der Waals surface area contributed by atoms with Crippen molar-refractivity contribution in [3.63, 3.8) is 0 Å². The van der Waals surface area contributed by atoms with Gasteiger partial charge in [0.2, 0.25) is 17.7 Å². The molecular formula is C53H62N4O6. The van der Waals surface area contributed by atoms with Crippen LogP contribution in [0.4, 0.5) is 16.2 Å². The number of ether oxygens (including phenoxy) is 1. The summed E-state index contributed by atoms with van der Waals surface area (Å²) >= 11 is 0. The number of nitrogen functional groups attached to an aromatic ring is 1. The quantitative estimate of drug-likeness (QED) is 0.102. The second-order valence-corrected chi connectivity index (χ2v) is 20.2. The van der Waals surface area contributed by atoms with E-state index in [4.69, 9.17) is 10.5 Å². The van der Waals surface area contributed by atoms with E-state index in [1.165, 1.54) is 21.6 Å². The molecule has 4 aromatic carbocycles. The number of alkyl carbamates (subject to hydrolysis) is 1. The average Bonchev–Trinajstić information content (AvgIpc) is 3.60. The van der Waals surface area contributed by atoms with E-state index < -0.39 is 40.9 Å². The second-order valence-electron chi connectivity index (χ2n) is 20.2. The molecule has 5 unspecified atom stereocenters. The van der Waals surface area contributed by atoms with E-state index in [2.05, 4.69) is 62.6 Å². The SMILES string of the molecule is CN(C(=O)[C@@]1(C)CCCC2(C)c3cc(N)ccc3CCC21)C(=O)[C@@]1(C)CCCC2(C)c3cc(NC(=O)C(CO)NC(=O)OCC4c5ccccc5-c5ccccc54)ccc3CCC21. The summed E-state index contributed by atoms with van der Waals surface area (Å²) in [5.74, 6) is -0.824. The molecule has 2 fully saturated rings. The van der Waals surface area contributed by atoms with Crippen LogP contribution in [0, 0.1) is 22.7 Å². The zero-order chi connectivity index (χ0) is 44.5. The number of aliphatic hydroxyl groups is 1. The number of carbonyl (C=O) groups excluding carboxylic acids is 4. The lowest BCUT2D eigenvalue weighted by molar-refractivity contribution is -0.165. The minimum atomic E-state index is -1.24.